The zero-order chi connectivity index (χ0) is 8.85. The van der Waals surface area contributed by atoms with Crippen LogP contribution < -0.4 is 0 Å². The number of hydrogen-bond acceptors (Lipinski definition) is 4. The van der Waals surface area contributed by atoms with E-state index in [1.165, 1.54) is 7.11 Å². The van der Waals surface area contributed by atoms with Crippen molar-refractivity contribution in [2.24, 2.45) is 0 Å². The van der Waals surface area contributed by atoms with Crippen LogP contribution in [0.2, 0.25) is 0 Å². The lowest BCUT2D eigenvalue weighted by Gasteiger charge is -2.05. The number of hydrogen-bond donors (Lipinski definition) is 2. The number of ether oxygens (including phenoxy) is 1. The van der Waals surface area contributed by atoms with Gasteiger partial charge in [-0.05, 0) is 6.42 Å². The monoisotopic (exact) mass is 180 g/mol. The first kappa shape index (κ1) is 10.7. The smallest absolute Gasteiger partial charge is 0.469 e. The van der Waals surface area contributed by atoms with E-state index < -0.39 is 18.4 Å². The Labute approximate surface area is 70.3 Å². The number of esters is 1. The summed E-state index contributed by atoms with van der Waals surface area (Å²) >= 11 is 5.41. The van der Waals surface area contributed by atoms with Gasteiger partial charge in [0.15, 0.2) is 0 Å². The SMILES string of the molecule is COC(=O)CCC(Cl)B(O)O. The molecule has 0 amide bonds. The molecule has 0 aromatic heterocycles. The third kappa shape index (κ3) is 5.06. The number of carbonyl (C=O) groups excluding carboxylic acids is 1. The van der Waals surface area contributed by atoms with E-state index in [0.717, 1.165) is 0 Å². The molecule has 1 unspecified atom stereocenters. The second-order valence-corrected chi connectivity index (χ2v) is 2.60. The Bertz CT molecular complexity index is 130. The van der Waals surface area contributed by atoms with Gasteiger partial charge in [-0.2, -0.15) is 0 Å². The van der Waals surface area contributed by atoms with E-state index in [9.17, 15) is 4.79 Å². The van der Waals surface area contributed by atoms with E-state index in [1.807, 2.05) is 0 Å². The van der Waals surface area contributed by atoms with Gasteiger partial charge in [-0.25, -0.2) is 0 Å². The quantitative estimate of drug-likeness (QED) is 0.350. The highest BCUT2D eigenvalue weighted by Gasteiger charge is 2.21. The van der Waals surface area contributed by atoms with Gasteiger partial charge in [0.1, 0.15) is 0 Å². The van der Waals surface area contributed by atoms with Crippen molar-refractivity contribution < 1.29 is 19.6 Å². The summed E-state index contributed by atoms with van der Waals surface area (Å²) in [4.78, 5) is 10.5. The summed E-state index contributed by atoms with van der Waals surface area (Å²) in [6, 6.07) is 0. The van der Waals surface area contributed by atoms with Crippen LogP contribution >= 0.6 is 11.6 Å². The lowest BCUT2D eigenvalue weighted by molar-refractivity contribution is -0.140. The van der Waals surface area contributed by atoms with Crippen LogP contribution in [0.25, 0.3) is 0 Å². The summed E-state index contributed by atoms with van der Waals surface area (Å²) in [5, 5.41) is 16.1. The first-order valence-electron chi connectivity index (χ1n) is 3.15. The molecule has 0 aromatic carbocycles. The fraction of sp³-hybridized carbons (Fsp3) is 0.800. The highest BCUT2D eigenvalue weighted by Crippen LogP contribution is 2.06. The Balaban J connectivity index is 3.45. The maximum atomic E-state index is 10.5. The van der Waals surface area contributed by atoms with Crippen LogP contribution in [0.15, 0.2) is 0 Å². The van der Waals surface area contributed by atoms with E-state index in [1.54, 1.807) is 0 Å². The second-order valence-electron chi connectivity index (χ2n) is 2.04. The molecule has 4 nitrogen and oxygen atoms in total. The van der Waals surface area contributed by atoms with Gasteiger partial charge in [0.25, 0.3) is 0 Å². The first-order valence-corrected chi connectivity index (χ1v) is 3.58. The van der Waals surface area contributed by atoms with Gasteiger partial charge < -0.3 is 14.8 Å². The Morgan fingerprint density at radius 2 is 2.27 bits per heavy atom. The number of rotatable bonds is 4. The number of carbonyl (C=O) groups is 1. The molecule has 0 radical (unpaired) electrons. The topological polar surface area (TPSA) is 66.8 Å². The molecule has 1 atom stereocenters. The molecule has 0 spiro atoms. The maximum Gasteiger partial charge on any atom is 0.470 e. The van der Waals surface area contributed by atoms with Crippen LogP contribution in [0.3, 0.4) is 0 Å². The van der Waals surface area contributed by atoms with Gasteiger partial charge in [-0.1, -0.05) is 0 Å². The minimum atomic E-state index is -1.58. The van der Waals surface area contributed by atoms with Crippen molar-refractivity contribution in [1.82, 2.24) is 0 Å². The Morgan fingerprint density at radius 1 is 1.73 bits per heavy atom. The Kier molecular flexibility index (Phi) is 5.28. The van der Waals surface area contributed by atoms with E-state index in [4.69, 9.17) is 21.6 Å². The summed E-state index contributed by atoms with van der Waals surface area (Å²) in [6.07, 6.45) is 0.300. The van der Waals surface area contributed by atoms with Crippen molar-refractivity contribution in [3.05, 3.63) is 0 Å². The number of alkyl halides is 1. The summed E-state index contributed by atoms with van der Waals surface area (Å²) in [5.41, 5.74) is 0. The molecule has 0 rings (SSSR count). The summed E-state index contributed by atoms with van der Waals surface area (Å²) in [6.45, 7) is 0. The molecule has 0 saturated carbocycles. The molecular formula is C5H10BClO4. The normalized spacial score (nSPS) is 12.4. The predicted molar refractivity (Wildman–Crippen MR) is 41.1 cm³/mol. The lowest BCUT2D eigenvalue weighted by Crippen LogP contribution is -2.26. The number of methoxy groups -OCH3 is 1. The molecule has 0 fully saturated rings. The van der Waals surface area contributed by atoms with Crippen molar-refractivity contribution >= 4 is 24.7 Å². The van der Waals surface area contributed by atoms with Gasteiger partial charge >= 0.3 is 13.1 Å². The average Bonchev–Trinajstić information content (AvgIpc) is 1.99. The predicted octanol–water partition coefficient (Wildman–Crippen LogP) is -0.441. The zero-order valence-electron chi connectivity index (χ0n) is 6.16. The van der Waals surface area contributed by atoms with Crippen molar-refractivity contribution in [2.45, 2.75) is 18.1 Å². The third-order valence-corrected chi connectivity index (χ3v) is 1.62. The maximum absolute atomic E-state index is 10.5. The molecule has 0 heterocycles. The standard InChI is InChI=1S/C5H10BClO4/c1-11-5(8)3-2-4(7)6(9)10/h4,9-10H,2-3H2,1H3. The van der Waals surface area contributed by atoms with Crippen molar-refractivity contribution in [2.75, 3.05) is 7.11 Å². The average molecular weight is 180 g/mol. The minimum absolute atomic E-state index is 0.0995. The first-order chi connectivity index (χ1) is 5.07. The van der Waals surface area contributed by atoms with Gasteiger partial charge in [-0.3, -0.25) is 4.79 Å². The zero-order valence-corrected chi connectivity index (χ0v) is 6.91. The largest absolute Gasteiger partial charge is 0.470 e. The highest BCUT2D eigenvalue weighted by molar-refractivity contribution is 6.57. The fourth-order valence-electron chi connectivity index (χ4n) is 0.507. The summed E-state index contributed by atoms with van der Waals surface area (Å²) < 4.78 is 4.32. The van der Waals surface area contributed by atoms with Crippen LogP contribution in [0.4, 0.5) is 0 Å². The van der Waals surface area contributed by atoms with E-state index in [0.29, 0.717) is 0 Å². The molecule has 11 heavy (non-hydrogen) atoms. The fourth-order valence-corrected chi connectivity index (χ4v) is 0.616. The summed E-state index contributed by atoms with van der Waals surface area (Å²) in [7, 11) is -0.317. The highest BCUT2D eigenvalue weighted by atomic mass is 35.5. The lowest BCUT2D eigenvalue weighted by atomic mass is 9.83. The number of halogens is 1. The Hall–Kier alpha value is -0.255. The van der Waals surface area contributed by atoms with E-state index in [2.05, 4.69) is 4.74 Å². The molecule has 0 saturated heterocycles. The van der Waals surface area contributed by atoms with Gasteiger partial charge in [0, 0.05) is 6.42 Å². The molecule has 0 aromatic rings. The molecular weight excluding hydrogens is 170 g/mol. The van der Waals surface area contributed by atoms with Crippen LogP contribution in [-0.2, 0) is 9.53 Å². The van der Waals surface area contributed by atoms with E-state index >= 15 is 0 Å². The molecule has 0 aliphatic carbocycles. The van der Waals surface area contributed by atoms with Crippen LogP contribution in [-0.4, -0.2) is 35.5 Å². The van der Waals surface area contributed by atoms with Crippen molar-refractivity contribution in [3.8, 4) is 0 Å². The van der Waals surface area contributed by atoms with Crippen LogP contribution in [0.1, 0.15) is 12.8 Å². The second kappa shape index (κ2) is 5.40. The van der Waals surface area contributed by atoms with E-state index in [-0.39, 0.29) is 12.8 Å². The van der Waals surface area contributed by atoms with Gasteiger partial charge in [-0.15, -0.1) is 11.6 Å². The van der Waals surface area contributed by atoms with Crippen molar-refractivity contribution in [3.63, 3.8) is 0 Å². The molecule has 0 bridgehead atoms. The van der Waals surface area contributed by atoms with Gasteiger partial charge in [0.2, 0.25) is 0 Å². The summed E-state index contributed by atoms with van der Waals surface area (Å²) in [5.74, 6) is -0.406. The molecule has 64 valence electrons. The van der Waals surface area contributed by atoms with Gasteiger partial charge in [0.05, 0.1) is 12.4 Å². The van der Waals surface area contributed by atoms with Crippen molar-refractivity contribution in [1.29, 1.82) is 0 Å². The molecule has 2 N–H and O–H groups in total. The van der Waals surface area contributed by atoms with Crippen LogP contribution in [0.5, 0.6) is 0 Å². The minimum Gasteiger partial charge on any atom is -0.469 e. The molecule has 6 heteroatoms. The third-order valence-electron chi connectivity index (χ3n) is 1.18. The molecule has 0 aliphatic rings. The molecule has 0 aliphatic heterocycles. The van der Waals surface area contributed by atoms with Crippen LogP contribution in [0, 0.1) is 0 Å². The Morgan fingerprint density at radius 3 is 2.64 bits per heavy atom.